The molecule has 0 atom stereocenters. The molecule has 1 saturated heterocycles. The Balaban J connectivity index is 0.000000104. The van der Waals surface area contributed by atoms with Gasteiger partial charge in [0.1, 0.15) is 0 Å². The minimum absolute atomic E-state index is 0.110. The minimum Gasteiger partial charge on any atom is -0.381 e. The number of ether oxygens (including phenoxy) is 1. The lowest BCUT2D eigenvalue weighted by atomic mass is 9.99. The molecule has 622 valence electrons. The van der Waals surface area contributed by atoms with E-state index in [0.717, 1.165) is 193 Å². The van der Waals surface area contributed by atoms with Gasteiger partial charge in [-0.05, 0) is 81.8 Å². The average molecular weight is 1630 g/mol. The minimum atomic E-state index is 0.110. The maximum atomic E-state index is 12.0. The predicted octanol–water partition coefficient (Wildman–Crippen LogP) is 14.5. The Hall–Kier alpha value is -12.9. The highest BCUT2D eigenvalue weighted by Gasteiger charge is 2.36. The molecule has 15 aromatic rings. The highest BCUT2D eigenvalue weighted by molar-refractivity contribution is 5.99. The van der Waals surface area contributed by atoms with E-state index in [9.17, 15) is 24.0 Å². The summed E-state index contributed by atoms with van der Waals surface area (Å²) < 4.78 is 18.2. The van der Waals surface area contributed by atoms with Crippen LogP contribution in [0.3, 0.4) is 0 Å². The largest absolute Gasteiger partial charge is 0.381 e. The molecule has 22 rings (SSSR count). The highest BCUT2D eigenvalue weighted by Crippen LogP contribution is 2.43. The van der Waals surface area contributed by atoms with Gasteiger partial charge < -0.3 is 53.7 Å². The molecule has 0 spiro atoms. The van der Waals surface area contributed by atoms with Gasteiger partial charge in [0.25, 0.3) is 0 Å². The highest BCUT2D eigenvalue weighted by atomic mass is 16.5. The summed E-state index contributed by atoms with van der Waals surface area (Å²) in [4.78, 5) is 86.3. The van der Waals surface area contributed by atoms with Crippen LogP contribution in [0, 0.1) is 5.92 Å². The first kappa shape index (κ1) is 79.2. The average Bonchev–Trinajstić information content (AvgIpc) is 2.06. The molecular weight excluding hydrogens is 1520 g/mol. The summed E-state index contributed by atoms with van der Waals surface area (Å²) in [6, 6.07) is 40.2. The second-order valence-electron chi connectivity index (χ2n) is 33.5. The van der Waals surface area contributed by atoms with Gasteiger partial charge in [0, 0.05) is 332 Å². The molecule has 10 aromatic heterocycles. The third-order valence-electron chi connectivity index (χ3n) is 25.6. The third kappa shape index (κ3) is 15.3. The molecule has 27 heteroatoms. The molecular formula is C94H105N21O6. The van der Waals surface area contributed by atoms with Crippen LogP contribution in [-0.2, 0) is 121 Å². The van der Waals surface area contributed by atoms with Gasteiger partial charge in [-0.15, -0.1) is 0 Å². The number of H-pyrrole nitrogens is 4. The van der Waals surface area contributed by atoms with Gasteiger partial charge in [-0.1, -0.05) is 78.9 Å². The van der Waals surface area contributed by atoms with Crippen LogP contribution >= 0.6 is 0 Å². The summed E-state index contributed by atoms with van der Waals surface area (Å²) in [6.45, 7) is 22.3. The number of amides is 5. The van der Waals surface area contributed by atoms with E-state index in [0.29, 0.717) is 44.8 Å². The number of carbonyl (C=O) groups excluding carboxylic acids is 5. The fraction of sp³-hybridized carbons (Fsp3) is 0.372. The smallest absolute Gasteiger partial charge is 0.219 e. The van der Waals surface area contributed by atoms with Crippen molar-refractivity contribution >= 4 is 84.2 Å². The van der Waals surface area contributed by atoms with E-state index in [1.807, 2.05) is 108 Å². The van der Waals surface area contributed by atoms with Crippen LogP contribution in [0.2, 0.25) is 0 Å². The molecule has 1 aliphatic carbocycles. The van der Waals surface area contributed by atoms with Crippen molar-refractivity contribution in [1.29, 1.82) is 0 Å². The number of rotatable bonds is 9. The lowest BCUT2D eigenvalue weighted by Crippen LogP contribution is -2.35. The van der Waals surface area contributed by atoms with Crippen molar-refractivity contribution in [3.63, 3.8) is 0 Å². The van der Waals surface area contributed by atoms with E-state index in [1.165, 1.54) is 90.6 Å². The van der Waals surface area contributed by atoms with Crippen molar-refractivity contribution in [2.45, 2.75) is 158 Å². The van der Waals surface area contributed by atoms with E-state index in [2.05, 4.69) is 144 Å². The van der Waals surface area contributed by atoms with Gasteiger partial charge in [-0.3, -0.25) is 47.4 Å². The predicted molar refractivity (Wildman–Crippen MR) is 468 cm³/mol. The van der Waals surface area contributed by atoms with Crippen LogP contribution in [0.1, 0.15) is 143 Å². The third-order valence-corrected chi connectivity index (χ3v) is 25.6. The van der Waals surface area contributed by atoms with Gasteiger partial charge in [0.05, 0.1) is 51.9 Å². The first-order valence-corrected chi connectivity index (χ1v) is 42.6. The lowest BCUT2D eigenvalue weighted by molar-refractivity contribution is -0.130. The standard InChI is InChI=1S/C21H24N4O2.C20H22N4O.C20H24N4O.C17H18N4O.C16H17N5O/c1-14(26)24-9-6-20-18(13-24)21(23-25(20)15-7-10-27-11-8-15)17-12-22-19-5-3-2-4-16(17)19;1-13(25)23-9-8-19-17(12-23)20(22-24(19)11-14-6-7-14)16-10-21-18-5-3-2-4-15(16)18;1-13(2)24-12-16(15-7-5-6-8-19(15)24)20-17-11-23(14(3)25)10-9-18(17)22(4)21-20;1-11(22)21-9-7-16-14(10-21)17(19-20(16)2)13-4-3-5-15-12(13)6-8-18-15;1-10(22)21-7-6-14-12(8-21)15(19-20(14)2)11-4-3-5-13-16(11)18-9-17-13/h2-5,12,15,22H,6-11,13H2,1H3;2-5,10,14,21H,6-9,11-12H2,1H3;5-8,12-13H,9-11H2,1-4H3;3-6,8,18H,7,9-10H2,1-2H3;3-5,9H,6-8H2,1-2H3,(H,17,18). The summed E-state index contributed by atoms with van der Waals surface area (Å²) in [5.41, 5.74) is 29.3. The molecule has 6 aliphatic heterocycles. The number of nitrogens with zero attached hydrogens (tertiary/aromatic N) is 17. The Morgan fingerprint density at radius 2 is 0.826 bits per heavy atom. The molecule has 7 aliphatic rings. The molecule has 27 nitrogen and oxygen atoms in total. The fourth-order valence-corrected chi connectivity index (χ4v) is 18.9. The number of fused-ring (bicyclic) bond motifs is 10. The van der Waals surface area contributed by atoms with Crippen molar-refractivity contribution in [3.05, 3.63) is 203 Å². The van der Waals surface area contributed by atoms with Crippen molar-refractivity contribution in [2.75, 3.05) is 45.9 Å². The molecule has 4 N–H and O–H groups in total. The number of nitrogens with one attached hydrogen (secondary N) is 4. The normalized spacial score (nSPS) is 15.7. The number of para-hydroxylation sites is 4. The van der Waals surface area contributed by atoms with E-state index in [-0.39, 0.29) is 29.5 Å². The van der Waals surface area contributed by atoms with Gasteiger partial charge >= 0.3 is 0 Å². The first-order valence-electron chi connectivity index (χ1n) is 42.6. The molecule has 0 radical (unpaired) electrons. The Morgan fingerprint density at radius 1 is 0.413 bits per heavy atom. The fourth-order valence-electron chi connectivity index (χ4n) is 18.9. The van der Waals surface area contributed by atoms with Gasteiger partial charge in [0.2, 0.25) is 29.5 Å². The Labute approximate surface area is 701 Å². The van der Waals surface area contributed by atoms with Crippen LogP contribution in [-0.4, -0.2) is 178 Å². The van der Waals surface area contributed by atoms with E-state index >= 15 is 0 Å². The van der Waals surface area contributed by atoms with Crippen LogP contribution < -0.4 is 0 Å². The number of aromatic amines is 4. The molecule has 0 unspecified atom stereocenters. The number of imidazole rings is 1. The molecule has 1 saturated carbocycles. The molecule has 0 bridgehead atoms. The van der Waals surface area contributed by atoms with Gasteiger partial charge in [0.15, 0.2) is 0 Å². The van der Waals surface area contributed by atoms with Gasteiger partial charge in [-0.25, -0.2) is 4.98 Å². The van der Waals surface area contributed by atoms with Crippen molar-refractivity contribution in [3.8, 4) is 56.3 Å². The van der Waals surface area contributed by atoms with E-state index in [1.54, 1.807) is 40.9 Å². The van der Waals surface area contributed by atoms with Crippen LogP contribution in [0.15, 0.2) is 146 Å². The topological polar surface area (TPSA) is 281 Å². The summed E-state index contributed by atoms with van der Waals surface area (Å²) >= 11 is 0. The SMILES string of the molecule is CC(=O)N1CCc2c(c(-c3c[nH]c4ccccc34)nn2C2CCOCC2)C1.CC(=O)N1CCc2c(c(-c3c[nH]c4ccccc34)nn2CC2CC2)C1.CC(=O)N1CCc2c(c(-c3cccc4[nH]ccc34)nn2C)C1.CC(=O)N1CCc2c(c(-c3cccc4[nH]cnc34)nn2C)C1.CC(=O)N1CCc2c(c(-c3cn(C(C)C)c4ccccc34)nn2C)C1. The van der Waals surface area contributed by atoms with Crippen LogP contribution in [0.4, 0.5) is 0 Å². The number of benzene rings is 5. The number of hydrogen-bond acceptors (Lipinski definition) is 12. The number of hydrogen-bond donors (Lipinski definition) is 4. The zero-order chi connectivity index (χ0) is 83.6. The second-order valence-corrected chi connectivity index (χ2v) is 33.5. The van der Waals surface area contributed by atoms with Crippen molar-refractivity contribution in [2.24, 2.45) is 27.1 Å². The number of aryl methyl sites for hydroxylation is 3. The lowest BCUT2D eigenvalue weighted by Gasteiger charge is -2.29. The monoisotopic (exact) mass is 1620 g/mol. The van der Waals surface area contributed by atoms with Crippen molar-refractivity contribution < 1.29 is 28.7 Å². The van der Waals surface area contributed by atoms with Crippen LogP contribution in [0.5, 0.6) is 0 Å². The summed E-state index contributed by atoms with van der Waals surface area (Å²) in [6.07, 6.45) is 18.9. The Bertz CT molecular complexity index is 6320. The molecule has 5 aromatic carbocycles. The maximum absolute atomic E-state index is 12.0. The van der Waals surface area contributed by atoms with Crippen molar-refractivity contribution in [1.82, 2.24) is 103 Å². The molecule has 5 amide bonds. The Morgan fingerprint density at radius 3 is 1.35 bits per heavy atom. The summed E-state index contributed by atoms with van der Waals surface area (Å²) in [5, 5.41) is 29.2. The zero-order valence-corrected chi connectivity index (χ0v) is 70.7. The maximum Gasteiger partial charge on any atom is 0.219 e. The molecule has 2 fully saturated rings. The first-order chi connectivity index (χ1) is 58.7. The molecule has 121 heavy (non-hydrogen) atoms. The molecule has 16 heterocycles. The van der Waals surface area contributed by atoms with E-state index in [4.69, 9.17) is 30.2 Å². The van der Waals surface area contributed by atoms with Crippen LogP contribution in [0.25, 0.3) is 111 Å². The van der Waals surface area contributed by atoms with Gasteiger partial charge in [-0.2, -0.15) is 25.5 Å². The second kappa shape index (κ2) is 33.0. The Kier molecular flexibility index (Phi) is 21.6. The quantitative estimate of drug-likeness (QED) is 0.105. The summed E-state index contributed by atoms with van der Waals surface area (Å²) in [5.74, 6) is 1.42. The number of aromatic nitrogens is 16. The summed E-state index contributed by atoms with van der Waals surface area (Å²) in [7, 11) is 5.97. The van der Waals surface area contributed by atoms with E-state index < -0.39 is 0 Å². The number of carbonyl (C=O) groups is 5. The zero-order valence-electron chi connectivity index (χ0n) is 70.7.